The van der Waals surface area contributed by atoms with Crippen molar-refractivity contribution >= 4 is 33.0 Å². The molecule has 0 aliphatic carbocycles. The molecule has 3 N–H and O–H groups in total. The molecule has 0 saturated carbocycles. The van der Waals surface area contributed by atoms with Gasteiger partial charge in [0, 0.05) is 18.3 Å². The third-order valence-corrected chi connectivity index (χ3v) is 8.90. The van der Waals surface area contributed by atoms with Crippen LogP contribution in [-0.2, 0) is 13.0 Å². The van der Waals surface area contributed by atoms with Gasteiger partial charge in [-0.15, -0.1) is 11.3 Å². The number of hydrogen-bond acceptors (Lipinski definition) is 8. The van der Waals surface area contributed by atoms with Gasteiger partial charge in [-0.05, 0) is 49.4 Å². The van der Waals surface area contributed by atoms with Crippen LogP contribution in [0.15, 0.2) is 35.0 Å². The van der Waals surface area contributed by atoms with Crippen LogP contribution in [0.1, 0.15) is 55.1 Å². The summed E-state index contributed by atoms with van der Waals surface area (Å²) in [5.41, 5.74) is 0.824. The number of carbonyl (C=O) groups is 1. The fourth-order valence-electron chi connectivity index (χ4n) is 5.55. The molecule has 4 unspecified atom stereocenters. The summed E-state index contributed by atoms with van der Waals surface area (Å²) < 4.78 is 62.6. The molecule has 220 valence electrons. The maximum absolute atomic E-state index is 15.6. The number of nitrogens with zero attached hydrogens (tertiary/aromatic N) is 4. The lowest BCUT2D eigenvalue weighted by Gasteiger charge is -2.45. The monoisotopic (exact) mass is 593 g/mol. The average Bonchev–Trinajstić information content (AvgIpc) is 3.70. The first-order valence-corrected chi connectivity index (χ1v) is 14.2. The molecule has 5 rings (SSSR count). The van der Waals surface area contributed by atoms with Crippen molar-refractivity contribution in [3.05, 3.63) is 47.6 Å². The number of alkyl halides is 4. The van der Waals surface area contributed by atoms with Crippen molar-refractivity contribution < 1.29 is 26.9 Å². The van der Waals surface area contributed by atoms with Gasteiger partial charge in [-0.1, -0.05) is 31.1 Å². The summed E-state index contributed by atoms with van der Waals surface area (Å²) in [7, 11) is 1.95. The first-order chi connectivity index (χ1) is 19.6. The number of anilines is 1. The molecule has 9 nitrogen and oxygen atoms in total. The topological polar surface area (TPSA) is 112 Å². The first kappa shape index (κ1) is 29.0. The highest BCUT2D eigenvalue weighted by atomic mass is 32.1. The van der Waals surface area contributed by atoms with E-state index in [-0.39, 0.29) is 46.5 Å². The molecule has 1 aromatic carbocycles. The number of aromatic amines is 1. The number of benzene rings is 1. The zero-order chi connectivity index (χ0) is 29.3. The second-order valence-electron chi connectivity index (χ2n) is 10.2. The van der Waals surface area contributed by atoms with E-state index in [0.29, 0.717) is 28.6 Å². The minimum absolute atomic E-state index is 0.0121. The van der Waals surface area contributed by atoms with Crippen molar-refractivity contribution in [1.29, 1.82) is 0 Å². The van der Waals surface area contributed by atoms with E-state index in [2.05, 4.69) is 42.8 Å². The summed E-state index contributed by atoms with van der Waals surface area (Å²) in [4.78, 5) is 18.7. The highest BCUT2D eigenvalue weighted by Gasteiger charge is 2.40. The minimum atomic E-state index is -4.49. The van der Waals surface area contributed by atoms with Gasteiger partial charge < -0.3 is 15.2 Å². The summed E-state index contributed by atoms with van der Waals surface area (Å²) in [5.74, 6) is -0.431. The normalized spacial score (nSPS) is 21.8. The molecular weight excluding hydrogens is 562 g/mol. The lowest BCUT2D eigenvalue weighted by atomic mass is 9.87. The standard InChI is InChI=1S/C27H31F4N7O2S/c1-4-14-11-19(22(28)20(5-2)38(14)3)34-17-8-6-7-15-16(12-27(29,30)31)24(41-23(15)17)25-35-21(40-37-25)13-32-26(39)18-9-10-33-36-18/h6-10,14,19-20,22,34H,4-5,11-13H2,1-3H3,(H,32,39)(H,33,36). The summed E-state index contributed by atoms with van der Waals surface area (Å²) >= 11 is 1.10. The largest absolute Gasteiger partial charge is 0.393 e. The van der Waals surface area contributed by atoms with E-state index in [1.54, 1.807) is 18.2 Å². The summed E-state index contributed by atoms with van der Waals surface area (Å²) in [6, 6.07) is 6.00. The molecule has 0 radical (unpaired) electrons. The van der Waals surface area contributed by atoms with Crippen LogP contribution >= 0.6 is 11.3 Å². The van der Waals surface area contributed by atoms with Crippen LogP contribution in [-0.4, -0.2) is 68.7 Å². The molecule has 0 bridgehead atoms. The number of hydrogen-bond donors (Lipinski definition) is 3. The van der Waals surface area contributed by atoms with Gasteiger partial charge in [0.2, 0.25) is 11.7 Å². The van der Waals surface area contributed by atoms with Crippen LogP contribution in [0.2, 0.25) is 0 Å². The zero-order valence-corrected chi connectivity index (χ0v) is 23.6. The fraction of sp³-hybridized carbons (Fsp3) is 0.481. The first-order valence-electron chi connectivity index (χ1n) is 13.4. The van der Waals surface area contributed by atoms with Gasteiger partial charge in [-0.3, -0.25) is 14.8 Å². The van der Waals surface area contributed by atoms with Crippen molar-refractivity contribution in [3.8, 4) is 10.7 Å². The van der Waals surface area contributed by atoms with E-state index in [1.807, 2.05) is 14.0 Å². The highest BCUT2D eigenvalue weighted by molar-refractivity contribution is 7.23. The van der Waals surface area contributed by atoms with Crippen LogP contribution < -0.4 is 10.6 Å². The number of aromatic nitrogens is 4. The number of H-pyrrole nitrogens is 1. The molecule has 4 heterocycles. The average molecular weight is 594 g/mol. The van der Waals surface area contributed by atoms with Crippen LogP contribution in [0.4, 0.5) is 23.2 Å². The molecule has 0 spiro atoms. The number of halogens is 4. The Morgan fingerprint density at radius 2 is 2.05 bits per heavy atom. The van der Waals surface area contributed by atoms with Crippen molar-refractivity contribution in [3.63, 3.8) is 0 Å². The summed E-state index contributed by atoms with van der Waals surface area (Å²) in [5, 5.41) is 16.5. The van der Waals surface area contributed by atoms with E-state index in [0.717, 1.165) is 17.8 Å². The van der Waals surface area contributed by atoms with Gasteiger partial charge in [-0.25, -0.2) is 4.39 Å². The third-order valence-electron chi connectivity index (χ3n) is 7.62. The van der Waals surface area contributed by atoms with Crippen molar-refractivity contribution in [1.82, 2.24) is 30.6 Å². The number of likely N-dealkylation sites (tertiary alicyclic amines) is 1. The number of carbonyl (C=O) groups excluding carboxylic acids is 1. The fourth-order valence-corrected chi connectivity index (χ4v) is 6.77. The van der Waals surface area contributed by atoms with Crippen LogP contribution in [0.25, 0.3) is 20.8 Å². The third kappa shape index (κ3) is 6.08. The number of amides is 1. The number of nitrogens with one attached hydrogen (secondary N) is 3. The van der Waals surface area contributed by atoms with Crippen molar-refractivity contribution in [2.24, 2.45) is 0 Å². The smallest absolute Gasteiger partial charge is 0.378 e. The predicted molar refractivity (Wildman–Crippen MR) is 147 cm³/mol. The van der Waals surface area contributed by atoms with Crippen molar-refractivity contribution in [2.75, 3.05) is 12.4 Å². The Bertz CT molecular complexity index is 1490. The van der Waals surface area contributed by atoms with Crippen molar-refractivity contribution in [2.45, 2.75) is 76.5 Å². The lowest BCUT2D eigenvalue weighted by molar-refractivity contribution is -0.126. The SMILES string of the molecule is CCC1CC(Nc2cccc3c(CC(F)(F)F)c(-c4noc(CNC(=O)c5ccn[nH]5)n4)sc23)C(F)C(CC)N1C. The lowest BCUT2D eigenvalue weighted by Crippen LogP contribution is -2.57. The maximum Gasteiger partial charge on any atom is 0.393 e. The maximum atomic E-state index is 15.6. The number of thiophene rings is 1. The van der Waals surface area contributed by atoms with Gasteiger partial charge >= 0.3 is 6.18 Å². The Kier molecular flexibility index (Phi) is 8.32. The quantitative estimate of drug-likeness (QED) is 0.213. The van der Waals surface area contributed by atoms with Gasteiger partial charge in [0.1, 0.15) is 11.9 Å². The Labute approximate surface area is 237 Å². The molecule has 1 aliphatic heterocycles. The Morgan fingerprint density at radius 1 is 1.24 bits per heavy atom. The number of rotatable bonds is 9. The Hall–Kier alpha value is -3.52. The Balaban J connectivity index is 1.46. The molecule has 4 atom stereocenters. The number of piperidine rings is 1. The molecule has 4 aromatic rings. The number of fused-ring (bicyclic) bond motifs is 1. The zero-order valence-electron chi connectivity index (χ0n) is 22.8. The highest BCUT2D eigenvalue weighted by Crippen LogP contribution is 2.44. The minimum Gasteiger partial charge on any atom is -0.378 e. The molecule has 1 amide bonds. The van der Waals surface area contributed by atoms with E-state index in [9.17, 15) is 18.0 Å². The molecule has 14 heteroatoms. The van der Waals surface area contributed by atoms with E-state index in [4.69, 9.17) is 4.52 Å². The van der Waals surface area contributed by atoms with Crippen LogP contribution in [0, 0.1) is 0 Å². The second-order valence-corrected chi connectivity index (χ2v) is 11.2. The van der Waals surface area contributed by atoms with Gasteiger partial charge in [-0.2, -0.15) is 23.3 Å². The molecule has 1 aliphatic rings. The van der Waals surface area contributed by atoms with Gasteiger partial charge in [0.25, 0.3) is 5.91 Å². The molecule has 1 saturated heterocycles. The molecular formula is C27H31F4N7O2S. The molecule has 3 aromatic heterocycles. The van der Waals surface area contributed by atoms with Gasteiger partial charge in [0.15, 0.2) is 0 Å². The van der Waals surface area contributed by atoms with Crippen LogP contribution in [0.3, 0.4) is 0 Å². The Morgan fingerprint density at radius 3 is 2.73 bits per heavy atom. The molecule has 1 fully saturated rings. The summed E-state index contributed by atoms with van der Waals surface area (Å²) in [6.07, 6.45) is -3.31. The predicted octanol–water partition coefficient (Wildman–Crippen LogP) is 5.72. The van der Waals surface area contributed by atoms with E-state index >= 15 is 4.39 Å². The molecule has 41 heavy (non-hydrogen) atoms. The van der Waals surface area contributed by atoms with Gasteiger partial charge in [0.05, 0.1) is 34.3 Å². The van der Waals surface area contributed by atoms with Crippen LogP contribution in [0.5, 0.6) is 0 Å². The van der Waals surface area contributed by atoms with E-state index in [1.165, 1.54) is 12.3 Å². The summed E-state index contributed by atoms with van der Waals surface area (Å²) in [6.45, 7) is 3.91. The van der Waals surface area contributed by atoms with E-state index < -0.39 is 30.7 Å². The second kappa shape index (κ2) is 11.8.